The second kappa shape index (κ2) is 3.36. The molecule has 0 aromatic carbocycles. The summed E-state index contributed by atoms with van der Waals surface area (Å²) in [7, 11) is 0. The average Bonchev–Trinajstić information content (AvgIpc) is 2.75. The minimum Gasteiger partial charge on any atom is -0.475 e. The van der Waals surface area contributed by atoms with Gasteiger partial charge < -0.3 is 4.74 Å². The van der Waals surface area contributed by atoms with E-state index in [4.69, 9.17) is 4.74 Å². The standard InChI is InChI=1S/C11H15NO/c1-8(2)10-7-13-11(12-10)9-5-3-4-6-9/h3,5-6,8,10H,4,7H2,1-2H3/t10-/m1/s1. The van der Waals surface area contributed by atoms with Gasteiger partial charge in [-0.1, -0.05) is 32.1 Å². The minimum absolute atomic E-state index is 0.352. The first-order valence-electron chi connectivity index (χ1n) is 4.85. The van der Waals surface area contributed by atoms with Crippen molar-refractivity contribution in [2.45, 2.75) is 26.3 Å². The largest absolute Gasteiger partial charge is 0.475 e. The lowest BCUT2D eigenvalue weighted by molar-refractivity contribution is 0.292. The average molecular weight is 177 g/mol. The normalized spacial score (nSPS) is 26.2. The summed E-state index contributed by atoms with van der Waals surface area (Å²) in [5.74, 6) is 1.41. The summed E-state index contributed by atoms with van der Waals surface area (Å²) < 4.78 is 5.54. The van der Waals surface area contributed by atoms with E-state index in [1.54, 1.807) is 0 Å². The first-order chi connectivity index (χ1) is 6.27. The van der Waals surface area contributed by atoms with Gasteiger partial charge in [0, 0.05) is 5.57 Å². The van der Waals surface area contributed by atoms with Crippen LogP contribution in [0.4, 0.5) is 0 Å². The van der Waals surface area contributed by atoms with Crippen molar-refractivity contribution in [1.29, 1.82) is 0 Å². The fraction of sp³-hybridized carbons (Fsp3) is 0.545. The van der Waals surface area contributed by atoms with Gasteiger partial charge >= 0.3 is 0 Å². The molecule has 0 fully saturated rings. The Kier molecular flexibility index (Phi) is 2.21. The van der Waals surface area contributed by atoms with Crippen LogP contribution >= 0.6 is 0 Å². The van der Waals surface area contributed by atoms with Crippen molar-refractivity contribution in [2.24, 2.45) is 10.9 Å². The van der Waals surface area contributed by atoms with Crippen LogP contribution in [0.25, 0.3) is 0 Å². The van der Waals surface area contributed by atoms with Crippen molar-refractivity contribution in [2.75, 3.05) is 6.61 Å². The zero-order valence-corrected chi connectivity index (χ0v) is 8.16. The van der Waals surface area contributed by atoms with Crippen LogP contribution in [0.1, 0.15) is 20.3 Å². The molecule has 0 saturated carbocycles. The third-order valence-electron chi connectivity index (χ3n) is 2.46. The SMILES string of the molecule is CC(C)[C@H]1COC(C2=CCC=C2)=N1. The topological polar surface area (TPSA) is 21.6 Å². The number of nitrogens with zero attached hydrogens (tertiary/aromatic N) is 1. The van der Waals surface area contributed by atoms with E-state index in [1.807, 2.05) is 0 Å². The molecule has 70 valence electrons. The second-order valence-electron chi connectivity index (χ2n) is 3.85. The molecular formula is C11H15NO. The zero-order valence-electron chi connectivity index (χ0n) is 8.16. The quantitative estimate of drug-likeness (QED) is 0.634. The third-order valence-corrected chi connectivity index (χ3v) is 2.46. The van der Waals surface area contributed by atoms with E-state index in [1.165, 1.54) is 0 Å². The maximum Gasteiger partial charge on any atom is 0.216 e. The Balaban J connectivity index is 2.10. The highest BCUT2D eigenvalue weighted by Crippen LogP contribution is 2.20. The Morgan fingerprint density at radius 3 is 2.92 bits per heavy atom. The van der Waals surface area contributed by atoms with Crippen molar-refractivity contribution < 1.29 is 4.74 Å². The lowest BCUT2D eigenvalue weighted by Gasteiger charge is -2.06. The van der Waals surface area contributed by atoms with Gasteiger partial charge in [0.2, 0.25) is 5.90 Å². The van der Waals surface area contributed by atoms with Gasteiger partial charge in [-0.3, -0.25) is 0 Å². The molecule has 0 bridgehead atoms. The van der Waals surface area contributed by atoms with E-state index >= 15 is 0 Å². The number of allylic oxidation sites excluding steroid dienone is 2. The van der Waals surface area contributed by atoms with Crippen LogP contribution in [0.15, 0.2) is 28.8 Å². The molecule has 0 amide bonds. The lowest BCUT2D eigenvalue weighted by atomic mass is 10.1. The van der Waals surface area contributed by atoms with Crippen LogP contribution in [-0.2, 0) is 4.74 Å². The van der Waals surface area contributed by atoms with E-state index in [0.717, 1.165) is 24.5 Å². The summed E-state index contributed by atoms with van der Waals surface area (Å²) in [5, 5.41) is 0. The number of rotatable bonds is 2. The summed E-state index contributed by atoms with van der Waals surface area (Å²) in [6, 6.07) is 0.352. The fourth-order valence-corrected chi connectivity index (χ4v) is 1.51. The van der Waals surface area contributed by atoms with Crippen LogP contribution in [-0.4, -0.2) is 18.5 Å². The molecule has 2 heteroatoms. The molecule has 0 radical (unpaired) electrons. The van der Waals surface area contributed by atoms with Crippen molar-refractivity contribution in [3.05, 3.63) is 23.8 Å². The van der Waals surface area contributed by atoms with E-state index < -0.39 is 0 Å². The van der Waals surface area contributed by atoms with Gasteiger partial charge in [0.15, 0.2) is 0 Å². The van der Waals surface area contributed by atoms with Crippen LogP contribution in [0.3, 0.4) is 0 Å². The second-order valence-corrected chi connectivity index (χ2v) is 3.85. The Hall–Kier alpha value is -1.05. The Bertz CT molecular complexity index is 286. The van der Waals surface area contributed by atoms with E-state index in [-0.39, 0.29) is 0 Å². The lowest BCUT2D eigenvalue weighted by Crippen LogP contribution is -2.13. The summed E-state index contributed by atoms with van der Waals surface area (Å²) in [5.41, 5.74) is 1.16. The summed E-state index contributed by atoms with van der Waals surface area (Å²) in [6.45, 7) is 5.11. The maximum absolute atomic E-state index is 5.54. The van der Waals surface area contributed by atoms with Crippen LogP contribution in [0, 0.1) is 5.92 Å². The molecule has 0 aromatic rings. The van der Waals surface area contributed by atoms with Gasteiger partial charge in [-0.2, -0.15) is 0 Å². The molecule has 2 rings (SSSR count). The zero-order chi connectivity index (χ0) is 9.26. The molecule has 0 unspecified atom stereocenters. The fourth-order valence-electron chi connectivity index (χ4n) is 1.51. The van der Waals surface area contributed by atoms with Gasteiger partial charge in [0.1, 0.15) is 6.61 Å². The molecule has 0 spiro atoms. The van der Waals surface area contributed by atoms with Crippen LogP contribution in [0.5, 0.6) is 0 Å². The van der Waals surface area contributed by atoms with Gasteiger partial charge in [0.05, 0.1) is 6.04 Å². The molecule has 13 heavy (non-hydrogen) atoms. The Morgan fingerprint density at radius 1 is 1.54 bits per heavy atom. The molecule has 1 heterocycles. The summed E-state index contributed by atoms with van der Waals surface area (Å²) in [4.78, 5) is 4.54. The molecule has 2 aliphatic rings. The molecule has 1 aliphatic carbocycles. The molecule has 2 nitrogen and oxygen atoms in total. The third kappa shape index (κ3) is 1.67. The smallest absolute Gasteiger partial charge is 0.216 e. The van der Waals surface area contributed by atoms with Crippen LogP contribution < -0.4 is 0 Å². The van der Waals surface area contributed by atoms with E-state index in [0.29, 0.717) is 12.0 Å². The molecule has 0 aromatic heterocycles. The summed E-state index contributed by atoms with van der Waals surface area (Å²) >= 11 is 0. The van der Waals surface area contributed by atoms with Gasteiger partial charge in [-0.25, -0.2) is 4.99 Å². The highest BCUT2D eigenvalue weighted by Gasteiger charge is 2.23. The van der Waals surface area contributed by atoms with E-state index in [9.17, 15) is 0 Å². The van der Waals surface area contributed by atoms with Crippen molar-refractivity contribution >= 4 is 5.90 Å². The minimum atomic E-state index is 0.352. The first-order valence-corrected chi connectivity index (χ1v) is 4.85. The van der Waals surface area contributed by atoms with Gasteiger partial charge in [-0.15, -0.1) is 0 Å². The van der Waals surface area contributed by atoms with Crippen molar-refractivity contribution in [3.8, 4) is 0 Å². The highest BCUT2D eigenvalue weighted by molar-refractivity contribution is 5.97. The molecule has 0 saturated heterocycles. The summed E-state index contributed by atoms with van der Waals surface area (Å²) in [6.07, 6.45) is 7.39. The number of hydrogen-bond acceptors (Lipinski definition) is 2. The highest BCUT2D eigenvalue weighted by atomic mass is 16.5. The number of hydrogen-bond donors (Lipinski definition) is 0. The van der Waals surface area contributed by atoms with Crippen molar-refractivity contribution in [3.63, 3.8) is 0 Å². The molecular weight excluding hydrogens is 162 g/mol. The Morgan fingerprint density at radius 2 is 2.38 bits per heavy atom. The molecule has 0 N–H and O–H groups in total. The van der Waals surface area contributed by atoms with E-state index in [2.05, 4.69) is 37.1 Å². The van der Waals surface area contributed by atoms with Gasteiger partial charge in [0.25, 0.3) is 0 Å². The molecule has 1 atom stereocenters. The monoisotopic (exact) mass is 177 g/mol. The van der Waals surface area contributed by atoms with Crippen molar-refractivity contribution in [1.82, 2.24) is 0 Å². The Labute approximate surface area is 79.0 Å². The molecule has 1 aliphatic heterocycles. The maximum atomic E-state index is 5.54. The van der Waals surface area contributed by atoms with Crippen LogP contribution in [0.2, 0.25) is 0 Å². The number of ether oxygens (including phenoxy) is 1. The number of aliphatic imine (C=N–C) groups is 1. The first kappa shape index (κ1) is 8.54. The van der Waals surface area contributed by atoms with Gasteiger partial charge in [-0.05, 0) is 12.3 Å². The predicted molar refractivity (Wildman–Crippen MR) is 53.9 cm³/mol. The predicted octanol–water partition coefficient (Wildman–Crippen LogP) is 2.33.